The molecule has 0 aliphatic rings. The summed E-state index contributed by atoms with van der Waals surface area (Å²) in [6, 6.07) is 4.32. The number of nitro groups is 1. The molecule has 6 nitrogen and oxygen atoms in total. The third kappa shape index (κ3) is 4.53. The number of hydrogen-bond donors (Lipinski definition) is 1. The van der Waals surface area contributed by atoms with Gasteiger partial charge in [-0.05, 0) is 31.4 Å². The van der Waals surface area contributed by atoms with Crippen LogP contribution < -0.4 is 5.32 Å². The molecule has 1 N–H and O–H groups in total. The van der Waals surface area contributed by atoms with Crippen molar-refractivity contribution >= 4 is 17.3 Å². The monoisotopic (exact) mass is 280 g/mol. The van der Waals surface area contributed by atoms with E-state index in [0.29, 0.717) is 18.2 Å². The molecule has 0 fully saturated rings. The number of nitro benzene ring substituents is 1. The molecule has 0 aliphatic carbocycles. The lowest BCUT2D eigenvalue weighted by Gasteiger charge is -2.09. The first kappa shape index (κ1) is 15.9. The van der Waals surface area contributed by atoms with Crippen molar-refractivity contribution in [3.8, 4) is 0 Å². The highest BCUT2D eigenvalue weighted by atomic mass is 16.6. The van der Waals surface area contributed by atoms with Crippen LogP contribution in [0.2, 0.25) is 0 Å². The molecule has 0 aromatic heterocycles. The summed E-state index contributed by atoms with van der Waals surface area (Å²) in [6.07, 6.45) is 0.913. The Hall–Kier alpha value is -2.11. The standard InChI is InChI=1S/C14H20N2O4/c1-4-20-14(17)11-5-6-12(13(9-11)16(18)19)15-8-7-10(2)3/h5-6,9-10,15H,4,7-8H2,1-3H3. The van der Waals surface area contributed by atoms with E-state index in [2.05, 4.69) is 19.2 Å². The van der Waals surface area contributed by atoms with E-state index in [9.17, 15) is 14.9 Å². The summed E-state index contributed by atoms with van der Waals surface area (Å²) in [4.78, 5) is 22.1. The van der Waals surface area contributed by atoms with Gasteiger partial charge in [0, 0.05) is 12.6 Å². The normalized spacial score (nSPS) is 10.4. The fourth-order valence-electron chi connectivity index (χ4n) is 1.67. The van der Waals surface area contributed by atoms with Gasteiger partial charge in [0.25, 0.3) is 5.69 Å². The van der Waals surface area contributed by atoms with Crippen LogP contribution in [0.25, 0.3) is 0 Å². The topological polar surface area (TPSA) is 81.5 Å². The van der Waals surface area contributed by atoms with Crippen LogP contribution in [0.1, 0.15) is 37.6 Å². The summed E-state index contributed by atoms with van der Waals surface area (Å²) in [6.45, 7) is 6.74. The summed E-state index contributed by atoms with van der Waals surface area (Å²) in [5, 5.41) is 14.1. The Morgan fingerprint density at radius 2 is 2.15 bits per heavy atom. The second-order valence-electron chi connectivity index (χ2n) is 4.82. The van der Waals surface area contributed by atoms with Crippen LogP contribution >= 0.6 is 0 Å². The highest BCUT2D eigenvalue weighted by molar-refractivity contribution is 5.91. The zero-order valence-electron chi connectivity index (χ0n) is 12.0. The van der Waals surface area contributed by atoms with Crippen molar-refractivity contribution in [3.05, 3.63) is 33.9 Å². The van der Waals surface area contributed by atoms with E-state index in [1.165, 1.54) is 12.1 Å². The molecule has 0 unspecified atom stereocenters. The molecule has 1 rings (SSSR count). The number of nitrogens with one attached hydrogen (secondary N) is 1. The van der Waals surface area contributed by atoms with Gasteiger partial charge < -0.3 is 10.1 Å². The molecule has 0 amide bonds. The number of carbonyl (C=O) groups is 1. The molecule has 110 valence electrons. The number of carbonyl (C=O) groups excluding carboxylic acids is 1. The average molecular weight is 280 g/mol. The third-order valence-electron chi connectivity index (χ3n) is 2.74. The van der Waals surface area contributed by atoms with Crippen LogP contribution in [0, 0.1) is 16.0 Å². The molecule has 0 aliphatic heterocycles. The van der Waals surface area contributed by atoms with Gasteiger partial charge in [-0.1, -0.05) is 13.8 Å². The minimum absolute atomic E-state index is 0.112. The van der Waals surface area contributed by atoms with Crippen LogP contribution in [0.5, 0.6) is 0 Å². The number of benzene rings is 1. The van der Waals surface area contributed by atoms with Gasteiger partial charge in [-0.15, -0.1) is 0 Å². The molecule has 0 saturated heterocycles. The van der Waals surface area contributed by atoms with Crippen LogP contribution in [-0.4, -0.2) is 24.0 Å². The fourth-order valence-corrected chi connectivity index (χ4v) is 1.67. The van der Waals surface area contributed by atoms with Crippen LogP contribution in [0.4, 0.5) is 11.4 Å². The van der Waals surface area contributed by atoms with Gasteiger partial charge in [-0.25, -0.2) is 4.79 Å². The van der Waals surface area contributed by atoms with Gasteiger partial charge in [0.2, 0.25) is 0 Å². The Morgan fingerprint density at radius 3 is 2.70 bits per heavy atom. The molecule has 1 aromatic rings. The first-order valence-corrected chi connectivity index (χ1v) is 6.65. The second-order valence-corrected chi connectivity index (χ2v) is 4.82. The van der Waals surface area contributed by atoms with E-state index in [1.807, 2.05) is 0 Å². The smallest absolute Gasteiger partial charge is 0.338 e. The Bertz CT molecular complexity index is 486. The molecule has 0 atom stereocenters. The first-order chi connectivity index (χ1) is 9.45. The molecule has 0 saturated carbocycles. The summed E-state index contributed by atoms with van der Waals surface area (Å²) in [5.41, 5.74) is 0.496. The van der Waals surface area contributed by atoms with Crippen molar-refractivity contribution in [2.24, 2.45) is 5.92 Å². The molecule has 0 bridgehead atoms. The molecule has 6 heteroatoms. The maximum absolute atomic E-state index is 11.6. The predicted octanol–water partition coefficient (Wildman–Crippen LogP) is 3.23. The minimum Gasteiger partial charge on any atom is -0.462 e. The van der Waals surface area contributed by atoms with Crippen molar-refractivity contribution in [1.82, 2.24) is 0 Å². The minimum atomic E-state index is -0.552. The molecule has 20 heavy (non-hydrogen) atoms. The van der Waals surface area contributed by atoms with Crippen molar-refractivity contribution < 1.29 is 14.5 Å². The number of hydrogen-bond acceptors (Lipinski definition) is 5. The number of esters is 1. The SMILES string of the molecule is CCOC(=O)c1ccc(NCCC(C)C)c([N+](=O)[O-])c1. The third-order valence-corrected chi connectivity index (χ3v) is 2.74. The Labute approximate surface area is 118 Å². The van der Waals surface area contributed by atoms with E-state index >= 15 is 0 Å². The van der Waals surface area contributed by atoms with Gasteiger partial charge in [0.1, 0.15) is 5.69 Å². The maximum atomic E-state index is 11.6. The van der Waals surface area contributed by atoms with Crippen LogP contribution in [0.15, 0.2) is 18.2 Å². The number of anilines is 1. The number of ether oxygens (including phenoxy) is 1. The Kier molecular flexibility index (Phi) is 5.96. The fraction of sp³-hybridized carbons (Fsp3) is 0.500. The number of rotatable bonds is 7. The van der Waals surface area contributed by atoms with Gasteiger partial charge in [0.05, 0.1) is 17.1 Å². The largest absolute Gasteiger partial charge is 0.462 e. The van der Waals surface area contributed by atoms with Crippen LogP contribution in [0.3, 0.4) is 0 Å². The lowest BCUT2D eigenvalue weighted by Crippen LogP contribution is -2.09. The lowest BCUT2D eigenvalue weighted by atomic mass is 10.1. The maximum Gasteiger partial charge on any atom is 0.338 e. The van der Waals surface area contributed by atoms with Gasteiger partial charge in [-0.2, -0.15) is 0 Å². The molecule has 0 radical (unpaired) electrons. The zero-order valence-corrected chi connectivity index (χ0v) is 12.0. The van der Waals surface area contributed by atoms with Crippen molar-refractivity contribution in [1.29, 1.82) is 0 Å². The highest BCUT2D eigenvalue weighted by Crippen LogP contribution is 2.26. The highest BCUT2D eigenvalue weighted by Gasteiger charge is 2.18. The summed E-state index contributed by atoms with van der Waals surface area (Å²) < 4.78 is 4.83. The Balaban J connectivity index is 2.90. The molecule has 1 aromatic carbocycles. The van der Waals surface area contributed by atoms with Crippen molar-refractivity contribution in [3.63, 3.8) is 0 Å². The van der Waals surface area contributed by atoms with Gasteiger partial charge in [0.15, 0.2) is 0 Å². The molecular weight excluding hydrogens is 260 g/mol. The van der Waals surface area contributed by atoms with E-state index in [4.69, 9.17) is 4.74 Å². The first-order valence-electron chi connectivity index (χ1n) is 6.65. The van der Waals surface area contributed by atoms with Gasteiger partial charge >= 0.3 is 5.97 Å². The lowest BCUT2D eigenvalue weighted by molar-refractivity contribution is -0.384. The zero-order chi connectivity index (χ0) is 15.1. The van der Waals surface area contributed by atoms with E-state index in [0.717, 1.165) is 6.42 Å². The summed E-state index contributed by atoms with van der Waals surface area (Å²) in [5.74, 6) is -0.0373. The van der Waals surface area contributed by atoms with Crippen molar-refractivity contribution in [2.75, 3.05) is 18.5 Å². The second kappa shape index (κ2) is 7.47. The van der Waals surface area contributed by atoms with Crippen LogP contribution in [-0.2, 0) is 4.74 Å². The van der Waals surface area contributed by atoms with Gasteiger partial charge in [-0.3, -0.25) is 10.1 Å². The predicted molar refractivity (Wildman–Crippen MR) is 77.0 cm³/mol. The molecule has 0 heterocycles. The van der Waals surface area contributed by atoms with Crippen molar-refractivity contribution in [2.45, 2.75) is 27.2 Å². The van der Waals surface area contributed by atoms with E-state index < -0.39 is 10.9 Å². The Morgan fingerprint density at radius 1 is 1.45 bits per heavy atom. The summed E-state index contributed by atoms with van der Waals surface area (Å²) in [7, 11) is 0. The average Bonchev–Trinajstić information content (AvgIpc) is 2.38. The quantitative estimate of drug-likeness (QED) is 0.471. The van der Waals surface area contributed by atoms with E-state index in [-0.39, 0.29) is 17.9 Å². The van der Waals surface area contributed by atoms with E-state index in [1.54, 1.807) is 13.0 Å². The molecule has 0 spiro atoms. The molecular formula is C14H20N2O4. The summed E-state index contributed by atoms with van der Waals surface area (Å²) >= 11 is 0. The number of nitrogens with zero attached hydrogens (tertiary/aromatic N) is 1.